The molecule has 0 saturated carbocycles. The first-order chi connectivity index (χ1) is 10.2. The van der Waals surface area contributed by atoms with Gasteiger partial charge in [0.15, 0.2) is 0 Å². The fourth-order valence-corrected chi connectivity index (χ4v) is 2.06. The zero-order valence-corrected chi connectivity index (χ0v) is 11.1. The predicted molar refractivity (Wildman–Crippen MR) is 75.9 cm³/mol. The van der Waals surface area contributed by atoms with Gasteiger partial charge in [-0.1, -0.05) is 12.1 Å². The Morgan fingerprint density at radius 2 is 2.10 bits per heavy atom. The summed E-state index contributed by atoms with van der Waals surface area (Å²) in [6.07, 6.45) is 2.44. The Morgan fingerprint density at radius 1 is 1.29 bits per heavy atom. The van der Waals surface area contributed by atoms with Gasteiger partial charge in [-0.15, -0.1) is 0 Å². The van der Waals surface area contributed by atoms with Gasteiger partial charge in [-0.25, -0.2) is 4.79 Å². The van der Waals surface area contributed by atoms with Gasteiger partial charge < -0.3 is 15.4 Å². The lowest BCUT2D eigenvalue weighted by atomic mass is 10.1. The second-order valence-electron chi connectivity index (χ2n) is 4.59. The molecule has 1 aromatic heterocycles. The van der Waals surface area contributed by atoms with Crippen molar-refractivity contribution in [3.63, 3.8) is 0 Å². The Bertz CT molecular complexity index is 656. The first kappa shape index (κ1) is 13.1. The van der Waals surface area contributed by atoms with E-state index in [4.69, 9.17) is 4.74 Å². The van der Waals surface area contributed by atoms with E-state index in [1.807, 2.05) is 12.1 Å². The molecule has 0 radical (unpaired) electrons. The molecule has 21 heavy (non-hydrogen) atoms. The normalized spacial score (nSPS) is 17.0. The molecule has 1 aliphatic heterocycles. The molecule has 1 aliphatic rings. The fourth-order valence-electron chi connectivity index (χ4n) is 2.06. The monoisotopic (exact) mass is 283 g/mol. The summed E-state index contributed by atoms with van der Waals surface area (Å²) in [6, 6.07) is 10.6. The summed E-state index contributed by atoms with van der Waals surface area (Å²) >= 11 is 0. The number of nitrogens with zero attached hydrogens (tertiary/aromatic N) is 1. The maximum atomic E-state index is 12.0. The largest absolute Gasteiger partial charge is 0.439 e. The number of aromatic nitrogens is 1. The van der Waals surface area contributed by atoms with Gasteiger partial charge in [-0.3, -0.25) is 9.78 Å². The van der Waals surface area contributed by atoms with Crippen molar-refractivity contribution < 1.29 is 14.3 Å². The van der Waals surface area contributed by atoms with E-state index in [-0.39, 0.29) is 12.0 Å². The molecule has 0 aliphatic carbocycles. The van der Waals surface area contributed by atoms with Crippen molar-refractivity contribution >= 4 is 17.7 Å². The van der Waals surface area contributed by atoms with Gasteiger partial charge in [-0.05, 0) is 29.8 Å². The molecule has 6 heteroatoms. The standard InChI is InChI=1S/C15H13N3O3/c19-14(11-2-1-7-16-8-11)18-12-5-3-10(4-6-12)13-9-17-15(20)21-13/h1-8,13H,9H2,(H,17,20)(H,18,19). The van der Waals surface area contributed by atoms with Crippen molar-refractivity contribution in [1.29, 1.82) is 0 Å². The highest BCUT2D eigenvalue weighted by atomic mass is 16.6. The van der Waals surface area contributed by atoms with E-state index in [0.29, 0.717) is 17.8 Å². The maximum absolute atomic E-state index is 12.0. The van der Waals surface area contributed by atoms with Crippen molar-refractivity contribution in [1.82, 2.24) is 10.3 Å². The van der Waals surface area contributed by atoms with Crippen LogP contribution in [0.25, 0.3) is 0 Å². The second kappa shape index (κ2) is 5.62. The Hall–Kier alpha value is -2.89. The summed E-state index contributed by atoms with van der Waals surface area (Å²) in [6.45, 7) is 0.459. The van der Waals surface area contributed by atoms with E-state index >= 15 is 0 Å². The third-order valence-corrected chi connectivity index (χ3v) is 3.15. The Labute approximate surface area is 121 Å². The predicted octanol–water partition coefficient (Wildman–Crippen LogP) is 2.11. The first-order valence-corrected chi connectivity index (χ1v) is 6.48. The van der Waals surface area contributed by atoms with E-state index in [9.17, 15) is 9.59 Å². The fraction of sp³-hybridized carbons (Fsp3) is 0.133. The molecule has 2 N–H and O–H groups in total. The van der Waals surface area contributed by atoms with Gasteiger partial charge in [0.05, 0.1) is 12.1 Å². The van der Waals surface area contributed by atoms with E-state index in [2.05, 4.69) is 15.6 Å². The molecule has 1 unspecified atom stereocenters. The van der Waals surface area contributed by atoms with Crippen LogP contribution in [0.3, 0.4) is 0 Å². The summed E-state index contributed by atoms with van der Waals surface area (Å²) in [5.41, 5.74) is 2.05. The van der Waals surface area contributed by atoms with Crippen LogP contribution in [0, 0.1) is 0 Å². The highest BCUT2D eigenvalue weighted by Gasteiger charge is 2.23. The number of hydrogen-bond acceptors (Lipinski definition) is 4. The van der Waals surface area contributed by atoms with E-state index in [1.165, 1.54) is 6.20 Å². The maximum Gasteiger partial charge on any atom is 0.407 e. The number of nitrogens with one attached hydrogen (secondary N) is 2. The number of amides is 2. The topological polar surface area (TPSA) is 80.3 Å². The molecule has 0 spiro atoms. The second-order valence-corrected chi connectivity index (χ2v) is 4.59. The molecule has 3 rings (SSSR count). The van der Waals surface area contributed by atoms with Crippen LogP contribution >= 0.6 is 0 Å². The summed E-state index contributed by atoms with van der Waals surface area (Å²) < 4.78 is 5.09. The number of carbonyl (C=O) groups excluding carboxylic acids is 2. The Morgan fingerprint density at radius 3 is 2.71 bits per heavy atom. The number of benzene rings is 1. The number of hydrogen-bond donors (Lipinski definition) is 2. The van der Waals surface area contributed by atoms with Crippen molar-refractivity contribution in [3.05, 3.63) is 59.9 Å². The van der Waals surface area contributed by atoms with Gasteiger partial charge in [0.2, 0.25) is 0 Å². The molecule has 6 nitrogen and oxygen atoms in total. The molecular formula is C15H13N3O3. The minimum atomic E-state index is -0.408. The number of rotatable bonds is 3. The molecule has 1 aromatic carbocycles. The lowest BCUT2D eigenvalue weighted by Gasteiger charge is -2.09. The van der Waals surface area contributed by atoms with Crippen LogP contribution in [0.4, 0.5) is 10.5 Å². The minimum absolute atomic E-state index is 0.218. The summed E-state index contributed by atoms with van der Waals surface area (Å²) in [4.78, 5) is 26.9. The van der Waals surface area contributed by atoms with Gasteiger partial charge in [0.1, 0.15) is 6.10 Å². The zero-order chi connectivity index (χ0) is 14.7. The average Bonchev–Trinajstić information content (AvgIpc) is 2.95. The minimum Gasteiger partial charge on any atom is -0.439 e. The van der Waals surface area contributed by atoms with Gasteiger partial charge in [0.25, 0.3) is 5.91 Å². The van der Waals surface area contributed by atoms with E-state index in [0.717, 1.165) is 5.56 Å². The van der Waals surface area contributed by atoms with Gasteiger partial charge in [0, 0.05) is 18.1 Å². The number of carbonyl (C=O) groups is 2. The molecule has 1 fully saturated rings. The quantitative estimate of drug-likeness (QED) is 0.904. The molecular weight excluding hydrogens is 270 g/mol. The summed E-state index contributed by atoms with van der Waals surface area (Å²) in [7, 11) is 0. The number of pyridine rings is 1. The number of anilines is 1. The molecule has 0 bridgehead atoms. The molecule has 2 amide bonds. The van der Waals surface area contributed by atoms with Gasteiger partial charge >= 0.3 is 6.09 Å². The smallest absolute Gasteiger partial charge is 0.407 e. The molecule has 1 saturated heterocycles. The number of alkyl carbamates (subject to hydrolysis) is 1. The lowest BCUT2D eigenvalue weighted by molar-refractivity contribution is 0.102. The molecule has 2 heterocycles. The van der Waals surface area contributed by atoms with Crippen molar-refractivity contribution in [2.75, 3.05) is 11.9 Å². The van der Waals surface area contributed by atoms with Crippen LogP contribution in [0.1, 0.15) is 22.0 Å². The summed E-state index contributed by atoms with van der Waals surface area (Å²) in [5, 5.41) is 5.38. The molecule has 1 atom stereocenters. The lowest BCUT2D eigenvalue weighted by Crippen LogP contribution is -2.13. The highest BCUT2D eigenvalue weighted by molar-refractivity contribution is 6.03. The van der Waals surface area contributed by atoms with Crippen LogP contribution in [0.15, 0.2) is 48.8 Å². The van der Waals surface area contributed by atoms with Crippen LogP contribution in [-0.4, -0.2) is 23.5 Å². The Balaban J connectivity index is 1.67. The van der Waals surface area contributed by atoms with Gasteiger partial charge in [-0.2, -0.15) is 0 Å². The third kappa shape index (κ3) is 3.00. The third-order valence-electron chi connectivity index (χ3n) is 3.15. The van der Waals surface area contributed by atoms with Crippen LogP contribution in [-0.2, 0) is 4.74 Å². The molecule has 2 aromatic rings. The molecule has 106 valence electrons. The van der Waals surface area contributed by atoms with Crippen LogP contribution in [0.2, 0.25) is 0 Å². The zero-order valence-electron chi connectivity index (χ0n) is 11.1. The summed E-state index contributed by atoms with van der Waals surface area (Å²) in [5.74, 6) is -0.218. The first-order valence-electron chi connectivity index (χ1n) is 6.48. The number of ether oxygens (including phenoxy) is 1. The van der Waals surface area contributed by atoms with Crippen molar-refractivity contribution in [3.8, 4) is 0 Å². The number of cyclic esters (lactones) is 1. The van der Waals surface area contributed by atoms with E-state index < -0.39 is 6.09 Å². The van der Waals surface area contributed by atoms with Crippen LogP contribution in [0.5, 0.6) is 0 Å². The van der Waals surface area contributed by atoms with Crippen molar-refractivity contribution in [2.45, 2.75) is 6.10 Å². The Kier molecular flexibility index (Phi) is 3.51. The van der Waals surface area contributed by atoms with E-state index in [1.54, 1.807) is 30.5 Å². The highest BCUT2D eigenvalue weighted by Crippen LogP contribution is 2.22. The van der Waals surface area contributed by atoms with Crippen molar-refractivity contribution in [2.24, 2.45) is 0 Å². The SMILES string of the molecule is O=C1NCC(c2ccc(NC(=O)c3cccnc3)cc2)O1. The average molecular weight is 283 g/mol. The van der Waals surface area contributed by atoms with Crippen LogP contribution < -0.4 is 10.6 Å².